The number of carbonyl (C=O) groups is 1. The lowest BCUT2D eigenvalue weighted by Crippen LogP contribution is -2.26. The molecule has 1 aromatic heterocycles. The van der Waals surface area contributed by atoms with Gasteiger partial charge in [-0.3, -0.25) is 4.79 Å². The number of aromatic nitrogens is 1. The Bertz CT molecular complexity index is 846. The van der Waals surface area contributed by atoms with E-state index in [1.165, 1.54) is 6.08 Å². The molecule has 33 heavy (non-hydrogen) atoms. The molecule has 0 saturated heterocycles. The maximum absolute atomic E-state index is 12.4. The van der Waals surface area contributed by atoms with Gasteiger partial charge in [-0.1, -0.05) is 31.5 Å². The molecule has 8 heteroatoms. The maximum Gasteiger partial charge on any atom is 0.244 e. The molecule has 2 aromatic rings. The standard InChI is InChI=1S/C25H34BrN3O4/c1-3-5-23(29-25(30)13-10-21-6-4-7-24(26)28-21)20-8-11-22(12-9-20)33-19-18-32-17-16-31-15-14-27-2/h4,6-13,23,27H,3,5,14-19H2,1-2H3,(H,29,30)/b13-10+. The number of halogens is 1. The number of nitrogens with zero attached hydrogens (tertiary/aromatic N) is 1. The second-order valence-corrected chi connectivity index (χ2v) is 8.13. The third kappa shape index (κ3) is 11.4. The summed E-state index contributed by atoms with van der Waals surface area (Å²) in [6, 6.07) is 13.3. The minimum Gasteiger partial charge on any atom is -0.491 e. The summed E-state index contributed by atoms with van der Waals surface area (Å²) < 4.78 is 17.4. The molecule has 0 radical (unpaired) electrons. The van der Waals surface area contributed by atoms with Crippen LogP contribution in [0, 0.1) is 0 Å². The van der Waals surface area contributed by atoms with Crippen LogP contribution in [0.2, 0.25) is 0 Å². The Balaban J connectivity index is 1.76. The zero-order valence-electron chi connectivity index (χ0n) is 19.4. The van der Waals surface area contributed by atoms with Crippen LogP contribution in [-0.2, 0) is 14.3 Å². The number of hydrogen-bond donors (Lipinski definition) is 2. The van der Waals surface area contributed by atoms with Gasteiger partial charge in [0.1, 0.15) is 17.0 Å². The Morgan fingerprint density at radius 3 is 2.48 bits per heavy atom. The fourth-order valence-electron chi connectivity index (χ4n) is 3.02. The number of rotatable bonds is 16. The van der Waals surface area contributed by atoms with Crippen LogP contribution in [0.25, 0.3) is 6.08 Å². The first-order chi connectivity index (χ1) is 16.1. The van der Waals surface area contributed by atoms with Crippen LogP contribution in [-0.4, -0.2) is 57.5 Å². The van der Waals surface area contributed by atoms with Gasteiger partial charge in [0.05, 0.1) is 38.2 Å². The highest BCUT2D eigenvalue weighted by Crippen LogP contribution is 2.22. The molecule has 7 nitrogen and oxygen atoms in total. The lowest BCUT2D eigenvalue weighted by molar-refractivity contribution is -0.117. The molecular weight excluding hydrogens is 486 g/mol. The van der Waals surface area contributed by atoms with Crippen LogP contribution < -0.4 is 15.4 Å². The van der Waals surface area contributed by atoms with E-state index in [0.717, 1.165) is 41.0 Å². The highest BCUT2D eigenvalue weighted by atomic mass is 79.9. The van der Waals surface area contributed by atoms with E-state index >= 15 is 0 Å². The molecule has 1 amide bonds. The molecule has 2 rings (SSSR count). The Hall–Kier alpha value is -2.26. The van der Waals surface area contributed by atoms with Crippen molar-refractivity contribution in [1.29, 1.82) is 0 Å². The number of likely N-dealkylation sites (N-methyl/N-ethyl adjacent to an activating group) is 1. The molecule has 0 spiro atoms. The summed E-state index contributed by atoms with van der Waals surface area (Å²) in [5, 5.41) is 6.11. The number of nitrogens with one attached hydrogen (secondary N) is 2. The van der Waals surface area contributed by atoms with E-state index in [1.807, 2.05) is 49.5 Å². The van der Waals surface area contributed by atoms with Gasteiger partial charge in [-0.15, -0.1) is 0 Å². The van der Waals surface area contributed by atoms with Gasteiger partial charge in [0.25, 0.3) is 0 Å². The highest BCUT2D eigenvalue weighted by molar-refractivity contribution is 9.10. The molecule has 0 fully saturated rings. The first-order valence-electron chi connectivity index (χ1n) is 11.3. The second-order valence-electron chi connectivity index (χ2n) is 7.31. The van der Waals surface area contributed by atoms with E-state index in [9.17, 15) is 4.79 Å². The number of hydrogen-bond acceptors (Lipinski definition) is 6. The SMILES string of the molecule is CCCC(NC(=O)/C=C/c1cccc(Br)n1)c1ccc(OCCOCCOCCNC)cc1. The number of amides is 1. The molecule has 0 aliphatic rings. The molecule has 1 atom stereocenters. The summed E-state index contributed by atoms with van der Waals surface area (Å²) in [5.41, 5.74) is 1.76. The first kappa shape index (κ1) is 27.0. The van der Waals surface area contributed by atoms with Crippen molar-refractivity contribution in [3.05, 3.63) is 64.4 Å². The number of ether oxygens (including phenoxy) is 3. The van der Waals surface area contributed by atoms with Crippen molar-refractivity contribution in [3.63, 3.8) is 0 Å². The number of benzene rings is 1. The largest absolute Gasteiger partial charge is 0.491 e. The van der Waals surface area contributed by atoms with Gasteiger partial charge < -0.3 is 24.8 Å². The summed E-state index contributed by atoms with van der Waals surface area (Å²) in [4.78, 5) is 16.7. The average Bonchev–Trinajstić information content (AvgIpc) is 2.82. The second kappa shape index (κ2) is 16.4. The smallest absolute Gasteiger partial charge is 0.244 e. The molecule has 1 heterocycles. The van der Waals surface area contributed by atoms with Crippen molar-refractivity contribution in [3.8, 4) is 5.75 Å². The topological polar surface area (TPSA) is 81.7 Å². The van der Waals surface area contributed by atoms with Crippen LogP contribution in [0.3, 0.4) is 0 Å². The Labute approximate surface area is 205 Å². The molecule has 1 unspecified atom stereocenters. The van der Waals surface area contributed by atoms with Gasteiger partial charge in [-0.05, 0) is 65.3 Å². The van der Waals surface area contributed by atoms with E-state index in [-0.39, 0.29) is 11.9 Å². The van der Waals surface area contributed by atoms with Crippen molar-refractivity contribution < 1.29 is 19.0 Å². The lowest BCUT2D eigenvalue weighted by Gasteiger charge is -2.18. The van der Waals surface area contributed by atoms with E-state index in [0.29, 0.717) is 33.0 Å². The monoisotopic (exact) mass is 519 g/mol. The summed E-state index contributed by atoms with van der Waals surface area (Å²) in [6.07, 6.45) is 5.02. The third-order valence-corrected chi connectivity index (χ3v) is 5.12. The van der Waals surface area contributed by atoms with Gasteiger partial charge in [-0.25, -0.2) is 4.98 Å². The Kier molecular flexibility index (Phi) is 13.4. The summed E-state index contributed by atoms with van der Waals surface area (Å²) >= 11 is 3.33. The first-order valence-corrected chi connectivity index (χ1v) is 12.1. The van der Waals surface area contributed by atoms with Crippen LogP contribution in [0.4, 0.5) is 0 Å². The normalized spacial score (nSPS) is 12.1. The van der Waals surface area contributed by atoms with Crippen molar-refractivity contribution in [2.75, 3.05) is 46.6 Å². The molecule has 180 valence electrons. The predicted octanol–water partition coefficient (Wildman–Crippen LogP) is 4.15. The Morgan fingerprint density at radius 2 is 1.79 bits per heavy atom. The third-order valence-electron chi connectivity index (χ3n) is 4.68. The van der Waals surface area contributed by atoms with Crippen molar-refractivity contribution in [2.24, 2.45) is 0 Å². The molecule has 0 saturated carbocycles. The van der Waals surface area contributed by atoms with Gasteiger partial charge in [0, 0.05) is 12.6 Å². The van der Waals surface area contributed by atoms with Crippen LogP contribution >= 0.6 is 15.9 Å². The molecule has 0 bridgehead atoms. The van der Waals surface area contributed by atoms with Crippen LogP contribution in [0.15, 0.2) is 53.1 Å². The molecule has 2 N–H and O–H groups in total. The average molecular weight is 520 g/mol. The lowest BCUT2D eigenvalue weighted by atomic mass is 10.0. The van der Waals surface area contributed by atoms with Crippen molar-refractivity contribution in [2.45, 2.75) is 25.8 Å². The van der Waals surface area contributed by atoms with E-state index < -0.39 is 0 Å². The Morgan fingerprint density at radius 1 is 1.06 bits per heavy atom. The number of carbonyl (C=O) groups excluding carboxylic acids is 1. The van der Waals surface area contributed by atoms with Crippen LogP contribution in [0.1, 0.15) is 37.1 Å². The number of pyridine rings is 1. The van der Waals surface area contributed by atoms with Crippen molar-refractivity contribution in [1.82, 2.24) is 15.6 Å². The van der Waals surface area contributed by atoms with Gasteiger partial charge in [-0.2, -0.15) is 0 Å². The zero-order valence-corrected chi connectivity index (χ0v) is 21.0. The summed E-state index contributed by atoms with van der Waals surface area (Å²) in [5.74, 6) is 0.623. The molecule has 0 aliphatic heterocycles. The molecular formula is C25H34BrN3O4. The van der Waals surface area contributed by atoms with Crippen LogP contribution in [0.5, 0.6) is 5.75 Å². The minimum absolute atomic E-state index is 0.0667. The predicted molar refractivity (Wildman–Crippen MR) is 134 cm³/mol. The quantitative estimate of drug-likeness (QED) is 0.197. The summed E-state index contributed by atoms with van der Waals surface area (Å²) in [6.45, 7) is 5.72. The van der Waals surface area contributed by atoms with Gasteiger partial charge in [0.15, 0.2) is 0 Å². The van der Waals surface area contributed by atoms with Gasteiger partial charge in [0.2, 0.25) is 5.91 Å². The maximum atomic E-state index is 12.4. The van der Waals surface area contributed by atoms with E-state index in [2.05, 4.69) is 38.5 Å². The zero-order chi connectivity index (χ0) is 23.7. The fourth-order valence-corrected chi connectivity index (χ4v) is 3.38. The van der Waals surface area contributed by atoms with Crippen molar-refractivity contribution >= 4 is 27.9 Å². The van der Waals surface area contributed by atoms with E-state index in [1.54, 1.807) is 6.08 Å². The highest BCUT2D eigenvalue weighted by Gasteiger charge is 2.12. The van der Waals surface area contributed by atoms with E-state index in [4.69, 9.17) is 14.2 Å². The fraction of sp³-hybridized carbons (Fsp3) is 0.440. The molecule has 1 aromatic carbocycles. The summed E-state index contributed by atoms with van der Waals surface area (Å²) in [7, 11) is 1.89. The minimum atomic E-state index is -0.150. The van der Waals surface area contributed by atoms with Gasteiger partial charge >= 0.3 is 0 Å². The molecule has 0 aliphatic carbocycles.